The van der Waals surface area contributed by atoms with Crippen LogP contribution in [0.25, 0.3) is 0 Å². The third kappa shape index (κ3) is 2.01. The number of rotatable bonds is 4. The Kier molecular flexibility index (Phi) is 3.31. The van der Waals surface area contributed by atoms with Crippen LogP contribution in [-0.2, 0) is 11.0 Å². The third-order valence-corrected chi connectivity index (χ3v) is 4.49. The Hall–Kier alpha value is -0.820. The van der Waals surface area contributed by atoms with E-state index in [4.69, 9.17) is 0 Å². The van der Waals surface area contributed by atoms with E-state index in [1.807, 2.05) is 0 Å². The van der Waals surface area contributed by atoms with E-state index in [1.54, 1.807) is 0 Å². The molecule has 0 spiro atoms. The SMILES string of the molecule is CCCC[C@]1(O)C[C@@](C)(CC)c2ccccc21. The normalized spacial score (nSPS) is 31.5. The summed E-state index contributed by atoms with van der Waals surface area (Å²) in [5.74, 6) is 0. The van der Waals surface area contributed by atoms with Crippen LogP contribution in [0.4, 0.5) is 0 Å². The Labute approximate surface area is 105 Å². The zero-order valence-corrected chi connectivity index (χ0v) is 11.3. The van der Waals surface area contributed by atoms with Gasteiger partial charge in [0.2, 0.25) is 0 Å². The van der Waals surface area contributed by atoms with Crippen molar-refractivity contribution in [1.82, 2.24) is 0 Å². The Morgan fingerprint density at radius 2 is 1.82 bits per heavy atom. The lowest BCUT2D eigenvalue weighted by Crippen LogP contribution is -2.26. The zero-order chi connectivity index (χ0) is 12.5. The molecule has 94 valence electrons. The van der Waals surface area contributed by atoms with Crippen LogP contribution in [0.3, 0.4) is 0 Å². The predicted molar refractivity (Wildman–Crippen MR) is 72.1 cm³/mol. The van der Waals surface area contributed by atoms with Gasteiger partial charge in [-0.1, -0.05) is 57.9 Å². The second kappa shape index (κ2) is 4.45. The van der Waals surface area contributed by atoms with Crippen LogP contribution in [0, 0.1) is 0 Å². The average molecular weight is 232 g/mol. The molecule has 1 heteroatoms. The number of unbranched alkanes of at least 4 members (excludes halogenated alkanes) is 1. The molecular formula is C16H24O. The van der Waals surface area contributed by atoms with Crippen LogP contribution >= 0.6 is 0 Å². The molecule has 1 nitrogen and oxygen atoms in total. The third-order valence-electron chi connectivity index (χ3n) is 4.49. The van der Waals surface area contributed by atoms with Crippen molar-refractivity contribution in [2.24, 2.45) is 0 Å². The van der Waals surface area contributed by atoms with Gasteiger partial charge in [-0.15, -0.1) is 0 Å². The Bertz CT molecular complexity index is 398. The maximum absolute atomic E-state index is 10.9. The summed E-state index contributed by atoms with van der Waals surface area (Å²) in [4.78, 5) is 0. The predicted octanol–water partition coefficient (Wildman–Crippen LogP) is 4.14. The largest absolute Gasteiger partial charge is 0.385 e. The molecule has 0 unspecified atom stereocenters. The molecular weight excluding hydrogens is 208 g/mol. The molecule has 1 aromatic carbocycles. The van der Waals surface area contributed by atoms with Gasteiger partial charge in [-0.3, -0.25) is 0 Å². The highest BCUT2D eigenvalue weighted by Crippen LogP contribution is 2.51. The summed E-state index contributed by atoms with van der Waals surface area (Å²) in [6.45, 7) is 6.70. The van der Waals surface area contributed by atoms with E-state index < -0.39 is 5.60 Å². The fraction of sp³-hybridized carbons (Fsp3) is 0.625. The second-order valence-corrected chi connectivity index (χ2v) is 5.77. The minimum absolute atomic E-state index is 0.152. The molecule has 17 heavy (non-hydrogen) atoms. The lowest BCUT2D eigenvalue weighted by atomic mass is 9.80. The van der Waals surface area contributed by atoms with Crippen molar-refractivity contribution < 1.29 is 5.11 Å². The van der Waals surface area contributed by atoms with Crippen LogP contribution < -0.4 is 0 Å². The van der Waals surface area contributed by atoms with Gasteiger partial charge < -0.3 is 5.11 Å². The molecule has 0 aromatic heterocycles. The van der Waals surface area contributed by atoms with Gasteiger partial charge in [-0.2, -0.15) is 0 Å². The highest BCUT2D eigenvalue weighted by Gasteiger charge is 2.47. The first-order valence-corrected chi connectivity index (χ1v) is 6.88. The van der Waals surface area contributed by atoms with Crippen LogP contribution in [0.15, 0.2) is 24.3 Å². The van der Waals surface area contributed by atoms with E-state index in [9.17, 15) is 5.11 Å². The average Bonchev–Trinajstić information content (AvgIpc) is 2.58. The fourth-order valence-electron chi connectivity index (χ4n) is 3.26. The van der Waals surface area contributed by atoms with Gasteiger partial charge in [-0.25, -0.2) is 0 Å². The molecule has 0 radical (unpaired) electrons. The number of aliphatic hydroxyl groups is 1. The van der Waals surface area contributed by atoms with Crippen molar-refractivity contribution in [3.63, 3.8) is 0 Å². The minimum Gasteiger partial charge on any atom is -0.385 e. The molecule has 0 amide bonds. The topological polar surface area (TPSA) is 20.2 Å². The lowest BCUT2D eigenvalue weighted by Gasteiger charge is -2.28. The highest BCUT2D eigenvalue weighted by molar-refractivity contribution is 5.43. The molecule has 0 bridgehead atoms. The molecule has 1 aliphatic carbocycles. The molecule has 0 fully saturated rings. The van der Waals surface area contributed by atoms with E-state index in [0.29, 0.717) is 0 Å². The Morgan fingerprint density at radius 1 is 1.18 bits per heavy atom. The summed E-state index contributed by atoms with van der Waals surface area (Å²) in [5, 5.41) is 10.9. The number of benzene rings is 1. The Balaban J connectivity index is 2.41. The van der Waals surface area contributed by atoms with Gasteiger partial charge in [0, 0.05) is 0 Å². The van der Waals surface area contributed by atoms with Gasteiger partial charge >= 0.3 is 0 Å². The van der Waals surface area contributed by atoms with Gasteiger partial charge in [0.1, 0.15) is 0 Å². The zero-order valence-electron chi connectivity index (χ0n) is 11.3. The van der Waals surface area contributed by atoms with E-state index in [0.717, 1.165) is 32.1 Å². The fourth-order valence-corrected chi connectivity index (χ4v) is 3.26. The van der Waals surface area contributed by atoms with Crippen LogP contribution in [0.5, 0.6) is 0 Å². The van der Waals surface area contributed by atoms with Crippen LogP contribution in [-0.4, -0.2) is 5.11 Å². The maximum Gasteiger partial charge on any atom is 0.0907 e. The van der Waals surface area contributed by atoms with E-state index in [-0.39, 0.29) is 5.41 Å². The molecule has 2 rings (SSSR count). The van der Waals surface area contributed by atoms with Crippen LogP contribution in [0.1, 0.15) is 64.0 Å². The smallest absolute Gasteiger partial charge is 0.0907 e. The number of hydrogen-bond donors (Lipinski definition) is 1. The monoisotopic (exact) mass is 232 g/mol. The summed E-state index contributed by atoms with van der Waals surface area (Å²) in [6, 6.07) is 8.46. The van der Waals surface area contributed by atoms with Crippen molar-refractivity contribution >= 4 is 0 Å². The van der Waals surface area contributed by atoms with Gasteiger partial charge in [-0.05, 0) is 35.8 Å². The molecule has 0 saturated heterocycles. The highest BCUT2D eigenvalue weighted by atomic mass is 16.3. The van der Waals surface area contributed by atoms with Crippen LogP contribution in [0.2, 0.25) is 0 Å². The van der Waals surface area contributed by atoms with Gasteiger partial charge in [0.15, 0.2) is 0 Å². The van der Waals surface area contributed by atoms with E-state index in [1.165, 1.54) is 11.1 Å². The number of fused-ring (bicyclic) bond motifs is 1. The summed E-state index contributed by atoms with van der Waals surface area (Å²) in [5.41, 5.74) is 2.11. The van der Waals surface area contributed by atoms with Crippen molar-refractivity contribution in [3.8, 4) is 0 Å². The first kappa shape index (κ1) is 12.6. The molecule has 0 aliphatic heterocycles. The van der Waals surface area contributed by atoms with E-state index in [2.05, 4.69) is 45.0 Å². The summed E-state index contributed by atoms with van der Waals surface area (Å²) in [7, 11) is 0. The molecule has 1 aliphatic rings. The van der Waals surface area contributed by atoms with Gasteiger partial charge in [0.25, 0.3) is 0 Å². The second-order valence-electron chi connectivity index (χ2n) is 5.77. The van der Waals surface area contributed by atoms with Crippen molar-refractivity contribution in [1.29, 1.82) is 0 Å². The first-order chi connectivity index (χ1) is 8.06. The number of hydrogen-bond acceptors (Lipinski definition) is 1. The lowest BCUT2D eigenvalue weighted by molar-refractivity contribution is 0.0125. The molecule has 0 saturated carbocycles. The summed E-state index contributed by atoms with van der Waals surface area (Å²) < 4.78 is 0. The first-order valence-electron chi connectivity index (χ1n) is 6.88. The van der Waals surface area contributed by atoms with Crippen molar-refractivity contribution in [2.45, 2.75) is 63.9 Å². The molecule has 0 heterocycles. The molecule has 2 atom stereocenters. The van der Waals surface area contributed by atoms with E-state index >= 15 is 0 Å². The molecule has 1 N–H and O–H groups in total. The van der Waals surface area contributed by atoms with Crippen molar-refractivity contribution in [2.75, 3.05) is 0 Å². The maximum atomic E-state index is 10.9. The standard InChI is InChI=1S/C16H24O/c1-4-6-11-16(17)12-15(3,5-2)13-9-7-8-10-14(13)16/h7-10,17H,4-6,11-12H2,1-3H3/t15-,16+/m1/s1. The van der Waals surface area contributed by atoms with Gasteiger partial charge in [0.05, 0.1) is 5.60 Å². The molecule has 1 aromatic rings. The summed E-state index contributed by atoms with van der Waals surface area (Å²) in [6.07, 6.45) is 5.13. The minimum atomic E-state index is -0.586. The quantitative estimate of drug-likeness (QED) is 0.827. The summed E-state index contributed by atoms with van der Waals surface area (Å²) >= 11 is 0. The van der Waals surface area contributed by atoms with Crippen molar-refractivity contribution in [3.05, 3.63) is 35.4 Å². The Morgan fingerprint density at radius 3 is 2.41 bits per heavy atom.